The minimum Gasteiger partial charge on any atom is -0.508 e. The molecule has 0 unspecified atom stereocenters. The van der Waals surface area contributed by atoms with Crippen LogP contribution in [-0.4, -0.2) is 31.2 Å². The zero-order chi connectivity index (χ0) is 20.9. The van der Waals surface area contributed by atoms with Crippen molar-refractivity contribution in [3.05, 3.63) is 90.0 Å². The van der Waals surface area contributed by atoms with E-state index in [1.54, 1.807) is 28.9 Å². The lowest BCUT2D eigenvalue weighted by Crippen LogP contribution is -2.19. The Morgan fingerprint density at radius 1 is 1.00 bits per heavy atom. The summed E-state index contributed by atoms with van der Waals surface area (Å²) in [4.78, 5) is 13.2. The van der Waals surface area contributed by atoms with Gasteiger partial charge in [-0.1, -0.05) is 59.8 Å². The Morgan fingerprint density at radius 3 is 2.40 bits per heavy atom. The van der Waals surface area contributed by atoms with Crippen molar-refractivity contribution in [2.24, 2.45) is 0 Å². The van der Waals surface area contributed by atoms with E-state index in [4.69, 9.17) is 0 Å². The molecule has 1 aromatic heterocycles. The fourth-order valence-corrected chi connectivity index (χ4v) is 3.85. The minimum atomic E-state index is -0.561. The molecular formula is C22H19N5O2S. The van der Waals surface area contributed by atoms with Crippen LogP contribution >= 0.6 is 11.8 Å². The Hall–Kier alpha value is -3.65. The molecule has 8 heteroatoms. The monoisotopic (exact) mass is 417 g/mol. The van der Waals surface area contributed by atoms with Crippen molar-refractivity contribution in [1.82, 2.24) is 20.2 Å². The third kappa shape index (κ3) is 4.49. The summed E-state index contributed by atoms with van der Waals surface area (Å²) in [6, 6.07) is 23.7. The number of phenols is 1. The van der Waals surface area contributed by atoms with Crippen molar-refractivity contribution in [1.29, 1.82) is 0 Å². The van der Waals surface area contributed by atoms with Gasteiger partial charge in [0.2, 0.25) is 11.1 Å². The van der Waals surface area contributed by atoms with Gasteiger partial charge < -0.3 is 10.4 Å². The summed E-state index contributed by atoms with van der Waals surface area (Å²) in [5, 5.41) is 24.3. The first-order chi connectivity index (χ1) is 14.6. The van der Waals surface area contributed by atoms with Crippen LogP contribution in [-0.2, 0) is 4.79 Å². The molecule has 1 heterocycles. The van der Waals surface area contributed by atoms with Gasteiger partial charge in [0.1, 0.15) is 11.0 Å². The maximum absolute atomic E-state index is 13.2. The second kappa shape index (κ2) is 8.79. The molecular weight excluding hydrogens is 398 g/mol. The van der Waals surface area contributed by atoms with Crippen molar-refractivity contribution >= 4 is 23.4 Å². The van der Waals surface area contributed by atoms with Crippen LogP contribution in [0.15, 0.2) is 84.0 Å². The number of thioether (sulfide) groups is 1. The van der Waals surface area contributed by atoms with Crippen LogP contribution in [0.5, 0.6) is 5.75 Å². The van der Waals surface area contributed by atoms with Crippen molar-refractivity contribution in [2.75, 3.05) is 5.32 Å². The third-order valence-corrected chi connectivity index (χ3v) is 5.61. The van der Waals surface area contributed by atoms with Crippen molar-refractivity contribution < 1.29 is 9.90 Å². The van der Waals surface area contributed by atoms with E-state index in [9.17, 15) is 9.90 Å². The molecule has 4 rings (SSSR count). The number of nitrogens with one attached hydrogen (secondary N) is 1. The summed E-state index contributed by atoms with van der Waals surface area (Å²) in [5.74, 6) is -0.0176. The summed E-state index contributed by atoms with van der Waals surface area (Å²) in [6.07, 6.45) is 0. The number of rotatable bonds is 6. The Labute approximate surface area is 177 Å². The van der Waals surface area contributed by atoms with Crippen LogP contribution < -0.4 is 5.32 Å². The topological polar surface area (TPSA) is 92.9 Å². The van der Waals surface area contributed by atoms with E-state index in [1.165, 1.54) is 11.8 Å². The van der Waals surface area contributed by atoms with Crippen molar-refractivity contribution in [3.8, 4) is 11.4 Å². The molecule has 1 amide bonds. The van der Waals surface area contributed by atoms with Crippen LogP contribution in [0.3, 0.4) is 0 Å². The lowest BCUT2D eigenvalue weighted by molar-refractivity contribution is -0.115. The lowest BCUT2D eigenvalue weighted by Gasteiger charge is -2.16. The highest BCUT2D eigenvalue weighted by Crippen LogP contribution is 2.35. The first kappa shape index (κ1) is 19.7. The molecule has 0 spiro atoms. The fourth-order valence-electron chi connectivity index (χ4n) is 2.86. The second-order valence-corrected chi connectivity index (χ2v) is 7.73. The van der Waals surface area contributed by atoms with Gasteiger partial charge in [-0.3, -0.25) is 4.79 Å². The number of hydrogen-bond donors (Lipinski definition) is 2. The number of anilines is 1. The number of nitrogens with zero attached hydrogens (tertiary/aromatic N) is 4. The molecule has 0 radical (unpaired) electrons. The number of phenolic OH excluding ortho intramolecular Hbond substituents is 1. The highest BCUT2D eigenvalue weighted by molar-refractivity contribution is 8.00. The second-order valence-electron chi connectivity index (χ2n) is 6.65. The van der Waals surface area contributed by atoms with Crippen molar-refractivity contribution in [3.63, 3.8) is 0 Å². The number of carbonyl (C=O) groups excluding carboxylic acids is 1. The smallest absolute Gasteiger partial charge is 0.242 e. The van der Waals surface area contributed by atoms with E-state index < -0.39 is 5.25 Å². The molecule has 3 aromatic carbocycles. The van der Waals surface area contributed by atoms with Gasteiger partial charge >= 0.3 is 0 Å². The lowest BCUT2D eigenvalue weighted by atomic mass is 10.1. The van der Waals surface area contributed by atoms with E-state index in [0.29, 0.717) is 10.8 Å². The summed E-state index contributed by atoms with van der Waals surface area (Å²) in [6.45, 7) is 2.00. The fraction of sp³-hybridized carbons (Fsp3) is 0.0909. The van der Waals surface area contributed by atoms with Gasteiger partial charge in [0, 0.05) is 5.69 Å². The normalized spacial score (nSPS) is 11.8. The van der Waals surface area contributed by atoms with Crippen LogP contribution in [0.4, 0.5) is 5.69 Å². The predicted octanol–water partition coefficient (Wildman–Crippen LogP) is 4.15. The first-order valence-electron chi connectivity index (χ1n) is 9.27. The molecule has 0 aliphatic heterocycles. The van der Waals surface area contributed by atoms with Gasteiger partial charge in [-0.05, 0) is 59.3 Å². The number of aryl methyl sites for hydroxylation is 1. The summed E-state index contributed by atoms with van der Waals surface area (Å²) in [5.41, 5.74) is 3.37. The average Bonchev–Trinajstić information content (AvgIpc) is 3.23. The number of tetrazole rings is 1. The van der Waals surface area contributed by atoms with E-state index in [-0.39, 0.29) is 11.7 Å². The Morgan fingerprint density at radius 2 is 1.70 bits per heavy atom. The largest absolute Gasteiger partial charge is 0.508 e. The molecule has 0 saturated heterocycles. The molecule has 30 heavy (non-hydrogen) atoms. The predicted molar refractivity (Wildman–Crippen MR) is 116 cm³/mol. The zero-order valence-electron chi connectivity index (χ0n) is 16.1. The summed E-state index contributed by atoms with van der Waals surface area (Å²) in [7, 11) is 0. The van der Waals surface area contributed by atoms with Crippen LogP contribution in [0.1, 0.15) is 16.4 Å². The number of aromatic hydroxyl groups is 1. The molecule has 0 fully saturated rings. The van der Waals surface area contributed by atoms with Gasteiger partial charge in [0.15, 0.2) is 0 Å². The molecule has 1 atom stereocenters. The Kier molecular flexibility index (Phi) is 5.76. The quantitative estimate of drug-likeness (QED) is 0.458. The molecule has 4 aromatic rings. The molecule has 150 valence electrons. The van der Waals surface area contributed by atoms with Gasteiger partial charge in [-0.2, -0.15) is 4.68 Å². The third-order valence-electron chi connectivity index (χ3n) is 4.42. The zero-order valence-corrected chi connectivity index (χ0v) is 17.0. The number of amides is 1. The molecule has 0 saturated carbocycles. The number of benzene rings is 3. The number of carbonyl (C=O) groups is 1. The van der Waals surface area contributed by atoms with Gasteiger partial charge in [-0.15, -0.1) is 5.10 Å². The maximum atomic E-state index is 13.2. The Balaban J connectivity index is 1.63. The van der Waals surface area contributed by atoms with Crippen molar-refractivity contribution in [2.45, 2.75) is 17.3 Å². The van der Waals surface area contributed by atoms with E-state index >= 15 is 0 Å². The van der Waals surface area contributed by atoms with Gasteiger partial charge in [0.25, 0.3) is 0 Å². The average molecular weight is 417 g/mol. The number of hydrogen-bond acceptors (Lipinski definition) is 6. The highest BCUT2D eigenvalue weighted by atomic mass is 32.2. The van der Waals surface area contributed by atoms with Crippen LogP contribution in [0.2, 0.25) is 0 Å². The number of aromatic nitrogens is 4. The van der Waals surface area contributed by atoms with Gasteiger partial charge in [0.05, 0.1) is 5.69 Å². The molecule has 0 bridgehead atoms. The maximum Gasteiger partial charge on any atom is 0.242 e. The van der Waals surface area contributed by atoms with E-state index in [2.05, 4.69) is 20.8 Å². The highest BCUT2D eigenvalue weighted by Gasteiger charge is 2.25. The summed E-state index contributed by atoms with van der Waals surface area (Å²) >= 11 is 1.26. The van der Waals surface area contributed by atoms with Gasteiger partial charge in [-0.25, -0.2) is 0 Å². The minimum absolute atomic E-state index is 0.153. The van der Waals surface area contributed by atoms with Crippen LogP contribution in [0.25, 0.3) is 5.69 Å². The van der Waals surface area contributed by atoms with Crippen LogP contribution in [0, 0.1) is 6.92 Å². The Bertz CT molecular complexity index is 1130. The molecule has 0 aliphatic rings. The van der Waals surface area contributed by atoms with E-state index in [1.807, 2.05) is 61.5 Å². The standard InChI is InChI=1S/C22H19N5O2S/c1-15-7-9-17(10-8-15)23-21(29)20(16-5-3-2-4-6-16)30-22-24-25-26-27(22)18-11-13-19(28)14-12-18/h2-14,20,28H,1H3,(H,23,29)/t20-/m1/s1. The first-order valence-corrected chi connectivity index (χ1v) is 10.1. The van der Waals surface area contributed by atoms with E-state index in [0.717, 1.165) is 16.8 Å². The molecule has 2 N–H and O–H groups in total. The SMILES string of the molecule is Cc1ccc(NC(=O)[C@H](Sc2nnnn2-c2ccc(O)cc2)c2ccccc2)cc1. The molecule has 0 aliphatic carbocycles. The summed E-state index contributed by atoms with van der Waals surface area (Å²) < 4.78 is 1.54. The molecule has 7 nitrogen and oxygen atoms in total.